The van der Waals surface area contributed by atoms with E-state index in [4.69, 9.17) is 16.3 Å². The number of Topliss-reactive ketones (excluding diaryl/α,β-unsaturated/α-hetero) is 1. The highest BCUT2D eigenvalue weighted by Gasteiger charge is 2.28. The van der Waals surface area contributed by atoms with Gasteiger partial charge in [0.25, 0.3) is 5.91 Å². The molecule has 32 heavy (non-hydrogen) atoms. The molecule has 0 saturated heterocycles. The minimum absolute atomic E-state index is 0.0419. The van der Waals surface area contributed by atoms with Crippen LogP contribution >= 0.6 is 11.6 Å². The molecule has 1 aliphatic rings. The summed E-state index contributed by atoms with van der Waals surface area (Å²) in [5.41, 5.74) is 2.41. The standard InChI is InChI=1S/C25H31ClN2O4/c1-4-32-25(31)23-16(2)22(17(3)27-23)21(29)15-28(14-18-8-6-5-7-9-18)24(30)19-10-12-20(26)13-11-19/h10-13,18,27H,4-9,14-15H2,1-3H3. The zero-order valence-corrected chi connectivity index (χ0v) is 19.8. The molecule has 0 spiro atoms. The Morgan fingerprint density at radius 1 is 1.09 bits per heavy atom. The van der Waals surface area contributed by atoms with Crippen molar-refractivity contribution in [3.8, 4) is 0 Å². The summed E-state index contributed by atoms with van der Waals surface area (Å²) in [5, 5.41) is 0.557. The van der Waals surface area contributed by atoms with E-state index in [1.54, 1.807) is 49.9 Å². The Hall–Kier alpha value is -2.60. The van der Waals surface area contributed by atoms with Crippen LogP contribution in [0, 0.1) is 19.8 Å². The van der Waals surface area contributed by atoms with Crippen molar-refractivity contribution in [2.45, 2.75) is 52.9 Å². The van der Waals surface area contributed by atoms with E-state index in [0.29, 0.717) is 39.9 Å². The van der Waals surface area contributed by atoms with Crippen LogP contribution in [0.3, 0.4) is 0 Å². The van der Waals surface area contributed by atoms with Crippen molar-refractivity contribution in [2.75, 3.05) is 19.7 Å². The van der Waals surface area contributed by atoms with Gasteiger partial charge in [0.05, 0.1) is 13.2 Å². The second-order valence-corrected chi connectivity index (χ2v) is 8.90. The second kappa shape index (κ2) is 10.8. The lowest BCUT2D eigenvalue weighted by Gasteiger charge is -2.29. The molecule has 1 heterocycles. The van der Waals surface area contributed by atoms with Crippen LogP contribution in [0.15, 0.2) is 24.3 Å². The van der Waals surface area contributed by atoms with E-state index in [-0.39, 0.29) is 30.5 Å². The monoisotopic (exact) mass is 458 g/mol. The summed E-state index contributed by atoms with van der Waals surface area (Å²) < 4.78 is 5.09. The van der Waals surface area contributed by atoms with Crippen LogP contribution < -0.4 is 0 Å². The number of carbonyl (C=O) groups excluding carboxylic acids is 3. The molecule has 3 rings (SSSR count). The van der Waals surface area contributed by atoms with Crippen molar-refractivity contribution in [1.82, 2.24) is 9.88 Å². The van der Waals surface area contributed by atoms with E-state index in [2.05, 4.69) is 4.98 Å². The number of nitrogens with one attached hydrogen (secondary N) is 1. The molecule has 2 aromatic rings. The van der Waals surface area contributed by atoms with Crippen molar-refractivity contribution in [3.63, 3.8) is 0 Å². The molecule has 0 radical (unpaired) electrons. The Bertz CT molecular complexity index is 975. The van der Waals surface area contributed by atoms with E-state index in [0.717, 1.165) is 25.7 Å². The van der Waals surface area contributed by atoms with Crippen LogP contribution in [0.1, 0.15) is 81.5 Å². The summed E-state index contributed by atoms with van der Waals surface area (Å²) in [6.07, 6.45) is 5.65. The summed E-state index contributed by atoms with van der Waals surface area (Å²) in [5.74, 6) is -0.471. The number of halogens is 1. The predicted octanol–water partition coefficient (Wildman–Crippen LogP) is 5.37. The van der Waals surface area contributed by atoms with Crippen molar-refractivity contribution >= 4 is 29.3 Å². The first-order valence-corrected chi connectivity index (χ1v) is 11.6. The molecule has 1 saturated carbocycles. The van der Waals surface area contributed by atoms with Gasteiger partial charge in [-0.3, -0.25) is 9.59 Å². The van der Waals surface area contributed by atoms with E-state index in [1.807, 2.05) is 0 Å². The number of ketones is 1. The van der Waals surface area contributed by atoms with Gasteiger partial charge in [0, 0.05) is 28.4 Å². The van der Waals surface area contributed by atoms with Crippen molar-refractivity contribution in [2.24, 2.45) is 5.92 Å². The number of esters is 1. The molecule has 1 aromatic carbocycles. The fourth-order valence-corrected chi connectivity index (χ4v) is 4.63. The molecule has 1 fully saturated rings. The quantitative estimate of drug-likeness (QED) is 0.426. The number of hydrogen-bond acceptors (Lipinski definition) is 4. The Labute approximate surface area is 194 Å². The van der Waals surface area contributed by atoms with Gasteiger partial charge in [-0.25, -0.2) is 4.79 Å². The molecule has 0 aliphatic heterocycles. The lowest BCUT2D eigenvalue weighted by Crippen LogP contribution is -2.40. The van der Waals surface area contributed by atoms with Crippen LogP contribution in [0.25, 0.3) is 0 Å². The number of rotatable bonds is 8. The number of hydrogen-bond donors (Lipinski definition) is 1. The third-order valence-electron chi connectivity index (χ3n) is 6.11. The first-order valence-electron chi connectivity index (χ1n) is 11.3. The number of amides is 1. The summed E-state index contributed by atoms with van der Waals surface area (Å²) in [6.45, 7) is 5.98. The number of aromatic nitrogens is 1. The van der Waals surface area contributed by atoms with Gasteiger partial charge in [-0.1, -0.05) is 30.9 Å². The molecule has 0 bridgehead atoms. The molecule has 6 nitrogen and oxygen atoms in total. The SMILES string of the molecule is CCOC(=O)c1[nH]c(C)c(C(=O)CN(CC2CCCCC2)C(=O)c2ccc(Cl)cc2)c1C. The smallest absolute Gasteiger partial charge is 0.355 e. The average Bonchev–Trinajstić information content (AvgIpc) is 3.08. The van der Waals surface area contributed by atoms with Crippen LogP contribution in [0.2, 0.25) is 5.02 Å². The van der Waals surface area contributed by atoms with Crippen LogP contribution in [-0.2, 0) is 4.74 Å². The Kier molecular flexibility index (Phi) is 8.13. The van der Waals surface area contributed by atoms with Gasteiger partial charge in [-0.05, 0) is 69.4 Å². The van der Waals surface area contributed by atoms with Gasteiger partial charge in [0.1, 0.15) is 5.69 Å². The number of aryl methyl sites for hydroxylation is 1. The lowest BCUT2D eigenvalue weighted by molar-refractivity contribution is 0.0519. The molecule has 1 N–H and O–H groups in total. The summed E-state index contributed by atoms with van der Waals surface area (Å²) in [7, 11) is 0. The third kappa shape index (κ3) is 5.60. The number of H-pyrrole nitrogens is 1. The minimum Gasteiger partial charge on any atom is -0.461 e. The lowest BCUT2D eigenvalue weighted by atomic mass is 9.88. The van der Waals surface area contributed by atoms with Gasteiger partial charge in [-0.2, -0.15) is 0 Å². The second-order valence-electron chi connectivity index (χ2n) is 8.47. The maximum absolute atomic E-state index is 13.3. The van der Waals surface area contributed by atoms with Crippen LogP contribution in [0.4, 0.5) is 0 Å². The number of carbonyl (C=O) groups is 3. The average molecular weight is 459 g/mol. The summed E-state index contributed by atoms with van der Waals surface area (Å²) in [4.78, 5) is 43.5. The molecule has 0 atom stereocenters. The largest absolute Gasteiger partial charge is 0.461 e. The van der Waals surface area contributed by atoms with Crippen molar-refractivity contribution < 1.29 is 19.1 Å². The predicted molar refractivity (Wildman–Crippen MR) is 124 cm³/mol. The highest BCUT2D eigenvalue weighted by molar-refractivity contribution is 6.30. The molecule has 1 amide bonds. The third-order valence-corrected chi connectivity index (χ3v) is 6.36. The zero-order valence-electron chi connectivity index (χ0n) is 19.0. The first-order chi connectivity index (χ1) is 15.3. The normalized spacial score (nSPS) is 14.2. The van der Waals surface area contributed by atoms with E-state index >= 15 is 0 Å². The number of benzene rings is 1. The van der Waals surface area contributed by atoms with E-state index in [1.165, 1.54) is 6.42 Å². The number of aromatic amines is 1. The minimum atomic E-state index is -0.483. The van der Waals surface area contributed by atoms with Crippen LogP contribution in [-0.4, -0.2) is 47.2 Å². The summed E-state index contributed by atoms with van der Waals surface area (Å²) in [6, 6.07) is 6.74. The fourth-order valence-electron chi connectivity index (χ4n) is 4.50. The summed E-state index contributed by atoms with van der Waals surface area (Å²) >= 11 is 5.98. The Morgan fingerprint density at radius 2 is 1.75 bits per heavy atom. The first kappa shape index (κ1) is 24.1. The Balaban J connectivity index is 1.85. The highest BCUT2D eigenvalue weighted by atomic mass is 35.5. The van der Waals surface area contributed by atoms with Gasteiger partial charge in [0.2, 0.25) is 0 Å². The van der Waals surface area contributed by atoms with E-state index < -0.39 is 5.97 Å². The van der Waals surface area contributed by atoms with Gasteiger partial charge >= 0.3 is 5.97 Å². The fraction of sp³-hybridized carbons (Fsp3) is 0.480. The van der Waals surface area contributed by atoms with Gasteiger partial charge in [-0.15, -0.1) is 0 Å². The number of nitrogens with zero attached hydrogens (tertiary/aromatic N) is 1. The molecular formula is C25H31ClN2O4. The molecule has 1 aromatic heterocycles. The van der Waals surface area contributed by atoms with E-state index in [9.17, 15) is 14.4 Å². The molecule has 7 heteroatoms. The number of ether oxygens (including phenoxy) is 1. The molecular weight excluding hydrogens is 428 g/mol. The van der Waals surface area contributed by atoms with Gasteiger partial charge < -0.3 is 14.6 Å². The van der Waals surface area contributed by atoms with Gasteiger partial charge in [0.15, 0.2) is 5.78 Å². The Morgan fingerprint density at radius 3 is 2.38 bits per heavy atom. The molecule has 1 aliphatic carbocycles. The zero-order chi connectivity index (χ0) is 23.3. The van der Waals surface area contributed by atoms with Crippen molar-refractivity contribution in [1.29, 1.82) is 0 Å². The van der Waals surface area contributed by atoms with Crippen molar-refractivity contribution in [3.05, 3.63) is 57.4 Å². The maximum Gasteiger partial charge on any atom is 0.355 e. The maximum atomic E-state index is 13.3. The molecule has 172 valence electrons. The molecule has 0 unspecified atom stereocenters. The van der Waals surface area contributed by atoms with Crippen LogP contribution in [0.5, 0.6) is 0 Å². The highest BCUT2D eigenvalue weighted by Crippen LogP contribution is 2.26. The topological polar surface area (TPSA) is 79.5 Å².